The highest BCUT2D eigenvalue weighted by Crippen LogP contribution is 2.38. The molecule has 198 valence electrons. The van der Waals surface area contributed by atoms with E-state index in [-0.39, 0.29) is 24.3 Å². The van der Waals surface area contributed by atoms with Crippen molar-refractivity contribution in [3.63, 3.8) is 0 Å². The van der Waals surface area contributed by atoms with Gasteiger partial charge in [-0.2, -0.15) is 0 Å². The molecule has 1 heterocycles. The predicted octanol–water partition coefficient (Wildman–Crippen LogP) is 8.07. The molecule has 0 aromatic heterocycles. The Hall–Kier alpha value is -3.27. The number of carbonyl (C=O) groups is 2. The number of benzene rings is 4. The van der Waals surface area contributed by atoms with Gasteiger partial charge in [0.15, 0.2) is 11.5 Å². The molecule has 9 heteroatoms. The van der Waals surface area contributed by atoms with Gasteiger partial charge in [0, 0.05) is 0 Å². The summed E-state index contributed by atoms with van der Waals surface area (Å²) in [5.74, 6) is 1.45. The third-order valence-electron chi connectivity index (χ3n) is 6.09. The van der Waals surface area contributed by atoms with Gasteiger partial charge in [0.1, 0.15) is 19.0 Å². The topological polar surface area (TPSA) is 65.1 Å². The first-order chi connectivity index (χ1) is 18.9. The molecule has 4 aromatic carbocycles. The van der Waals surface area contributed by atoms with Crippen LogP contribution in [0.25, 0.3) is 16.8 Å². The van der Waals surface area contributed by atoms with Gasteiger partial charge in [-0.3, -0.25) is 14.5 Å². The van der Waals surface area contributed by atoms with Gasteiger partial charge >= 0.3 is 0 Å². The summed E-state index contributed by atoms with van der Waals surface area (Å²) in [6, 6.07) is 25.3. The first-order valence-electron chi connectivity index (χ1n) is 12.0. The van der Waals surface area contributed by atoms with Crippen LogP contribution in [0.3, 0.4) is 0 Å². The highest BCUT2D eigenvalue weighted by Gasteiger charge is 2.35. The maximum Gasteiger partial charge on any atom is 0.293 e. The lowest BCUT2D eigenvalue weighted by Gasteiger charge is -2.14. The zero-order valence-electron chi connectivity index (χ0n) is 20.9. The second-order valence-electron chi connectivity index (χ2n) is 8.57. The molecule has 0 saturated carbocycles. The summed E-state index contributed by atoms with van der Waals surface area (Å²) in [6.45, 7) is 0.688. The smallest absolute Gasteiger partial charge is 0.293 e. The number of para-hydroxylation sites is 2. The number of thioether (sulfide) groups is 1. The van der Waals surface area contributed by atoms with Gasteiger partial charge in [0.25, 0.3) is 11.1 Å². The summed E-state index contributed by atoms with van der Waals surface area (Å²) in [7, 11) is 1.56. The number of rotatable bonds is 9. The molecule has 4 aromatic rings. The number of hydrogen-bond acceptors (Lipinski definition) is 6. The van der Waals surface area contributed by atoms with Crippen molar-refractivity contribution in [2.24, 2.45) is 0 Å². The van der Waals surface area contributed by atoms with E-state index in [0.717, 1.165) is 42.6 Å². The predicted molar refractivity (Wildman–Crippen MR) is 161 cm³/mol. The number of hydrogen-bond donors (Lipinski definition) is 0. The Kier molecular flexibility index (Phi) is 8.60. The van der Waals surface area contributed by atoms with Crippen molar-refractivity contribution in [3.05, 3.63) is 104 Å². The minimum Gasteiger partial charge on any atom is -0.493 e. The van der Waals surface area contributed by atoms with Crippen molar-refractivity contribution < 1.29 is 23.8 Å². The molecule has 0 spiro atoms. The van der Waals surface area contributed by atoms with Gasteiger partial charge in [0.05, 0.1) is 27.5 Å². The van der Waals surface area contributed by atoms with Gasteiger partial charge in [-0.05, 0) is 95.9 Å². The summed E-state index contributed by atoms with van der Waals surface area (Å²) >= 11 is 8.11. The van der Waals surface area contributed by atoms with E-state index in [0.29, 0.717) is 28.8 Å². The van der Waals surface area contributed by atoms with Gasteiger partial charge in [-0.15, -0.1) is 0 Å². The van der Waals surface area contributed by atoms with Gasteiger partial charge in [-0.1, -0.05) is 54.6 Å². The lowest BCUT2D eigenvalue weighted by molar-refractivity contribution is -0.123. The van der Waals surface area contributed by atoms with E-state index < -0.39 is 0 Å². The van der Waals surface area contributed by atoms with Crippen LogP contribution in [0, 0.1) is 0 Å². The minimum atomic E-state index is -0.350. The molecule has 0 N–H and O–H groups in total. The van der Waals surface area contributed by atoms with Crippen LogP contribution in [0.5, 0.6) is 17.2 Å². The maximum atomic E-state index is 13.0. The summed E-state index contributed by atoms with van der Waals surface area (Å²) in [5, 5.41) is 1.98. The SMILES string of the molecule is COc1ccccc1OCCN1C(=O)S/C(=C\c2cc(Br)c(OCc3cccc4ccccc34)c(Br)c2)C1=O. The Bertz CT molecular complexity index is 1560. The molecule has 1 aliphatic rings. The van der Waals surface area contributed by atoms with Crippen molar-refractivity contribution in [2.45, 2.75) is 6.61 Å². The molecule has 0 unspecified atom stereocenters. The van der Waals surface area contributed by atoms with Crippen LogP contribution in [-0.4, -0.2) is 36.3 Å². The Labute approximate surface area is 247 Å². The molecule has 0 radical (unpaired) electrons. The van der Waals surface area contributed by atoms with E-state index in [1.165, 1.54) is 4.90 Å². The van der Waals surface area contributed by atoms with E-state index in [2.05, 4.69) is 56.1 Å². The van der Waals surface area contributed by atoms with Crippen molar-refractivity contribution >= 4 is 71.6 Å². The highest BCUT2D eigenvalue weighted by molar-refractivity contribution is 9.11. The third kappa shape index (κ3) is 6.16. The van der Waals surface area contributed by atoms with Gasteiger partial charge in [0.2, 0.25) is 0 Å². The molecule has 39 heavy (non-hydrogen) atoms. The van der Waals surface area contributed by atoms with Crippen LogP contribution >= 0.6 is 43.6 Å². The fraction of sp³-hybridized carbons (Fsp3) is 0.133. The average Bonchev–Trinajstić information content (AvgIpc) is 3.20. The van der Waals surface area contributed by atoms with Crippen LogP contribution < -0.4 is 14.2 Å². The normalized spacial score (nSPS) is 14.3. The van der Waals surface area contributed by atoms with Crippen LogP contribution in [0.1, 0.15) is 11.1 Å². The van der Waals surface area contributed by atoms with E-state index in [4.69, 9.17) is 14.2 Å². The summed E-state index contributed by atoms with van der Waals surface area (Å²) in [4.78, 5) is 27.1. The zero-order chi connectivity index (χ0) is 27.4. The fourth-order valence-electron chi connectivity index (χ4n) is 4.20. The number of carbonyl (C=O) groups excluding carboxylic acids is 2. The number of imide groups is 1. The molecule has 0 atom stereocenters. The summed E-state index contributed by atoms with van der Waals surface area (Å²) in [5.41, 5.74) is 1.83. The number of methoxy groups -OCH3 is 1. The van der Waals surface area contributed by atoms with Gasteiger partial charge < -0.3 is 14.2 Å². The van der Waals surface area contributed by atoms with Crippen LogP contribution in [0.4, 0.5) is 4.79 Å². The standard InChI is InChI=1S/C30H23Br2NO5S/c1-36-25-11-4-5-12-26(25)37-14-13-33-29(34)27(39-30(33)35)17-19-15-23(31)28(24(32)16-19)38-18-21-9-6-8-20-7-2-3-10-22(20)21/h2-12,15-17H,13-14,18H2,1H3/b27-17-. The Morgan fingerprint density at radius 1 is 0.872 bits per heavy atom. The number of halogens is 2. The van der Waals surface area contributed by atoms with E-state index in [9.17, 15) is 9.59 Å². The third-order valence-corrected chi connectivity index (χ3v) is 8.17. The second kappa shape index (κ2) is 12.3. The summed E-state index contributed by atoms with van der Waals surface area (Å²) in [6.07, 6.45) is 1.70. The van der Waals surface area contributed by atoms with Crippen LogP contribution in [0.2, 0.25) is 0 Å². The summed E-state index contributed by atoms with van der Waals surface area (Å²) < 4.78 is 18.6. The highest BCUT2D eigenvalue weighted by atomic mass is 79.9. The van der Waals surface area contributed by atoms with E-state index >= 15 is 0 Å². The quantitative estimate of drug-likeness (QED) is 0.168. The molecule has 1 saturated heterocycles. The Balaban J connectivity index is 1.25. The fourth-order valence-corrected chi connectivity index (χ4v) is 6.51. The van der Waals surface area contributed by atoms with Crippen molar-refractivity contribution in [1.82, 2.24) is 4.90 Å². The van der Waals surface area contributed by atoms with Crippen molar-refractivity contribution in [2.75, 3.05) is 20.3 Å². The van der Waals surface area contributed by atoms with Crippen LogP contribution in [-0.2, 0) is 11.4 Å². The minimum absolute atomic E-state index is 0.133. The second-order valence-corrected chi connectivity index (χ2v) is 11.3. The number of ether oxygens (including phenoxy) is 3. The lowest BCUT2D eigenvalue weighted by Crippen LogP contribution is -2.32. The van der Waals surface area contributed by atoms with Crippen LogP contribution in [0.15, 0.2) is 92.7 Å². The molecule has 0 bridgehead atoms. The number of nitrogens with zero attached hydrogens (tertiary/aromatic N) is 1. The monoisotopic (exact) mass is 667 g/mol. The molecular formula is C30H23Br2NO5S. The molecule has 2 amide bonds. The largest absolute Gasteiger partial charge is 0.493 e. The van der Waals surface area contributed by atoms with E-state index in [1.54, 1.807) is 25.3 Å². The van der Waals surface area contributed by atoms with E-state index in [1.807, 2.05) is 42.5 Å². The number of fused-ring (bicyclic) bond motifs is 1. The number of amides is 2. The van der Waals surface area contributed by atoms with Crippen molar-refractivity contribution in [1.29, 1.82) is 0 Å². The molecule has 1 fully saturated rings. The molecule has 5 rings (SSSR count). The molecule has 1 aliphatic heterocycles. The average molecular weight is 669 g/mol. The molecule has 6 nitrogen and oxygen atoms in total. The molecule has 0 aliphatic carbocycles. The Morgan fingerprint density at radius 2 is 1.56 bits per heavy atom. The first-order valence-corrected chi connectivity index (χ1v) is 14.4. The van der Waals surface area contributed by atoms with Gasteiger partial charge in [-0.25, -0.2) is 0 Å². The Morgan fingerprint density at radius 3 is 2.33 bits per heavy atom. The molecular weight excluding hydrogens is 646 g/mol. The lowest BCUT2D eigenvalue weighted by atomic mass is 10.1. The zero-order valence-corrected chi connectivity index (χ0v) is 24.8. The maximum absolute atomic E-state index is 13.0. The van der Waals surface area contributed by atoms with Crippen molar-refractivity contribution in [3.8, 4) is 17.2 Å². The first kappa shape index (κ1) is 27.3.